The van der Waals surface area contributed by atoms with Crippen LogP contribution in [0.1, 0.15) is 5.56 Å². The van der Waals surface area contributed by atoms with Crippen LogP contribution < -0.4 is 0 Å². The number of aromatic amines is 1. The van der Waals surface area contributed by atoms with Gasteiger partial charge in [-0.05, 0) is 17.7 Å². The van der Waals surface area contributed by atoms with Crippen LogP contribution in [0.4, 0.5) is 0 Å². The van der Waals surface area contributed by atoms with E-state index in [1.54, 1.807) is 30.2 Å². The van der Waals surface area contributed by atoms with Gasteiger partial charge in [-0.3, -0.25) is 0 Å². The van der Waals surface area contributed by atoms with E-state index in [4.69, 9.17) is 0 Å². The molecule has 3 aromatic rings. The number of nitrogens with zero attached hydrogens (tertiary/aromatic N) is 3. The third kappa shape index (κ3) is 2.14. The predicted octanol–water partition coefficient (Wildman–Crippen LogP) is 2.35. The lowest BCUT2D eigenvalue weighted by atomic mass is 10.2. The highest BCUT2D eigenvalue weighted by molar-refractivity contribution is 7.98. The molecule has 0 fully saturated rings. The Morgan fingerprint density at radius 2 is 2.17 bits per heavy atom. The van der Waals surface area contributed by atoms with Crippen molar-refractivity contribution in [3.63, 3.8) is 0 Å². The number of nitrogens with one attached hydrogen (secondary N) is 1. The molecule has 2 aromatic heterocycles. The maximum absolute atomic E-state index is 9.40. The van der Waals surface area contributed by atoms with E-state index in [2.05, 4.69) is 19.9 Å². The van der Waals surface area contributed by atoms with E-state index in [9.17, 15) is 5.11 Å². The van der Waals surface area contributed by atoms with Crippen LogP contribution in [0.3, 0.4) is 0 Å². The standard InChI is InChI=1S/C12H10N4OS/c17-9-3-1-2-8(4-9)5-18-12-10-11(14-6-13-10)15-7-16-12/h1-4,6-7,17H,5H2,(H,13,14,15,16). The van der Waals surface area contributed by atoms with E-state index in [1.807, 2.05) is 12.1 Å². The van der Waals surface area contributed by atoms with Gasteiger partial charge in [-0.1, -0.05) is 23.9 Å². The predicted molar refractivity (Wildman–Crippen MR) is 69.4 cm³/mol. The lowest BCUT2D eigenvalue weighted by Gasteiger charge is -2.02. The number of phenolic OH excluding ortho intramolecular Hbond substituents is 1. The number of imidazole rings is 1. The molecule has 0 aliphatic carbocycles. The molecule has 6 heteroatoms. The number of aromatic hydroxyl groups is 1. The van der Waals surface area contributed by atoms with Crippen LogP contribution in [0.2, 0.25) is 0 Å². The maximum Gasteiger partial charge on any atom is 0.181 e. The molecule has 0 saturated carbocycles. The minimum Gasteiger partial charge on any atom is -0.508 e. The Kier molecular flexibility index (Phi) is 2.85. The summed E-state index contributed by atoms with van der Waals surface area (Å²) in [5.41, 5.74) is 2.57. The fraction of sp³-hybridized carbons (Fsp3) is 0.0833. The highest BCUT2D eigenvalue weighted by Crippen LogP contribution is 2.26. The number of fused-ring (bicyclic) bond motifs is 1. The summed E-state index contributed by atoms with van der Waals surface area (Å²) in [6, 6.07) is 7.21. The lowest BCUT2D eigenvalue weighted by molar-refractivity contribution is 0.475. The summed E-state index contributed by atoms with van der Waals surface area (Å²) in [6.45, 7) is 0. The zero-order valence-corrected chi connectivity index (χ0v) is 10.2. The molecular formula is C12H10N4OS. The first-order valence-corrected chi connectivity index (χ1v) is 6.36. The maximum atomic E-state index is 9.40. The first-order valence-electron chi connectivity index (χ1n) is 5.38. The van der Waals surface area contributed by atoms with Gasteiger partial charge < -0.3 is 10.1 Å². The second-order valence-corrected chi connectivity index (χ2v) is 4.70. The molecule has 3 rings (SSSR count). The Morgan fingerprint density at radius 3 is 3.06 bits per heavy atom. The van der Waals surface area contributed by atoms with E-state index in [-0.39, 0.29) is 5.75 Å². The number of phenols is 1. The van der Waals surface area contributed by atoms with Gasteiger partial charge in [0.25, 0.3) is 0 Å². The van der Waals surface area contributed by atoms with Crippen molar-refractivity contribution in [1.82, 2.24) is 19.9 Å². The SMILES string of the molecule is Oc1cccc(CSc2ncnc3nc[nH]c23)c1. The Labute approximate surface area is 107 Å². The Balaban J connectivity index is 1.83. The third-order valence-electron chi connectivity index (χ3n) is 2.47. The van der Waals surface area contributed by atoms with E-state index in [1.165, 1.54) is 6.33 Å². The summed E-state index contributed by atoms with van der Waals surface area (Å²) in [7, 11) is 0. The fourth-order valence-corrected chi connectivity index (χ4v) is 2.55. The van der Waals surface area contributed by atoms with Crippen molar-refractivity contribution in [1.29, 1.82) is 0 Å². The van der Waals surface area contributed by atoms with Crippen molar-refractivity contribution in [3.8, 4) is 5.75 Å². The molecule has 0 aliphatic heterocycles. The first-order chi connectivity index (χ1) is 8.83. The molecule has 2 N–H and O–H groups in total. The lowest BCUT2D eigenvalue weighted by Crippen LogP contribution is -1.87. The molecule has 0 spiro atoms. The van der Waals surface area contributed by atoms with Gasteiger partial charge in [0.15, 0.2) is 5.65 Å². The Hall–Kier alpha value is -2.08. The summed E-state index contributed by atoms with van der Waals surface area (Å²) in [6.07, 6.45) is 3.12. The molecule has 5 nitrogen and oxygen atoms in total. The average Bonchev–Trinajstić information content (AvgIpc) is 2.85. The quantitative estimate of drug-likeness (QED) is 0.557. The van der Waals surface area contributed by atoms with Crippen molar-refractivity contribution >= 4 is 22.9 Å². The van der Waals surface area contributed by atoms with Gasteiger partial charge in [0.2, 0.25) is 0 Å². The molecule has 90 valence electrons. The first kappa shape index (κ1) is 11.0. The van der Waals surface area contributed by atoms with Crippen molar-refractivity contribution < 1.29 is 5.11 Å². The molecule has 0 atom stereocenters. The molecule has 18 heavy (non-hydrogen) atoms. The monoisotopic (exact) mass is 258 g/mol. The van der Waals surface area contributed by atoms with E-state index < -0.39 is 0 Å². The van der Waals surface area contributed by atoms with Crippen LogP contribution in [0.15, 0.2) is 41.9 Å². The largest absolute Gasteiger partial charge is 0.508 e. The number of thioether (sulfide) groups is 1. The number of hydrogen-bond acceptors (Lipinski definition) is 5. The van der Waals surface area contributed by atoms with Crippen LogP contribution in [0, 0.1) is 0 Å². The molecule has 0 radical (unpaired) electrons. The van der Waals surface area contributed by atoms with Crippen molar-refractivity contribution in [3.05, 3.63) is 42.5 Å². The number of H-pyrrole nitrogens is 1. The summed E-state index contributed by atoms with van der Waals surface area (Å²) >= 11 is 1.58. The van der Waals surface area contributed by atoms with Gasteiger partial charge in [0.05, 0.1) is 6.33 Å². The van der Waals surface area contributed by atoms with Crippen molar-refractivity contribution in [2.24, 2.45) is 0 Å². The average molecular weight is 258 g/mol. The van der Waals surface area contributed by atoms with E-state index in [0.29, 0.717) is 5.65 Å². The number of hydrogen-bond donors (Lipinski definition) is 2. The van der Waals surface area contributed by atoms with Crippen LogP contribution in [-0.2, 0) is 5.75 Å². The molecule has 0 aliphatic rings. The molecule has 1 aromatic carbocycles. The zero-order valence-electron chi connectivity index (χ0n) is 9.37. The van der Waals surface area contributed by atoms with Crippen LogP contribution in [0.5, 0.6) is 5.75 Å². The summed E-state index contributed by atoms with van der Waals surface area (Å²) in [4.78, 5) is 15.4. The topological polar surface area (TPSA) is 74.7 Å². The van der Waals surface area contributed by atoms with Crippen LogP contribution in [0.25, 0.3) is 11.2 Å². The summed E-state index contributed by atoms with van der Waals surface area (Å²) < 4.78 is 0. The van der Waals surface area contributed by atoms with Gasteiger partial charge >= 0.3 is 0 Å². The van der Waals surface area contributed by atoms with Gasteiger partial charge in [-0.15, -0.1) is 0 Å². The summed E-state index contributed by atoms with van der Waals surface area (Å²) in [5.74, 6) is 1.02. The highest BCUT2D eigenvalue weighted by Gasteiger charge is 2.06. The molecular weight excluding hydrogens is 248 g/mol. The molecule has 0 unspecified atom stereocenters. The molecule has 2 heterocycles. The fourth-order valence-electron chi connectivity index (χ4n) is 1.65. The number of rotatable bonds is 3. The van der Waals surface area contributed by atoms with Gasteiger partial charge in [0.1, 0.15) is 22.6 Å². The number of aromatic nitrogens is 4. The van der Waals surface area contributed by atoms with Crippen molar-refractivity contribution in [2.45, 2.75) is 10.8 Å². The second-order valence-electron chi connectivity index (χ2n) is 3.74. The van der Waals surface area contributed by atoms with Gasteiger partial charge in [0, 0.05) is 5.75 Å². The van der Waals surface area contributed by atoms with E-state index in [0.717, 1.165) is 21.9 Å². The molecule has 0 saturated heterocycles. The Morgan fingerprint density at radius 1 is 1.22 bits per heavy atom. The minimum absolute atomic E-state index is 0.280. The van der Waals surface area contributed by atoms with Crippen LogP contribution >= 0.6 is 11.8 Å². The van der Waals surface area contributed by atoms with E-state index >= 15 is 0 Å². The van der Waals surface area contributed by atoms with Crippen molar-refractivity contribution in [2.75, 3.05) is 0 Å². The second kappa shape index (κ2) is 4.66. The minimum atomic E-state index is 0.280. The van der Waals surface area contributed by atoms with Gasteiger partial charge in [-0.2, -0.15) is 0 Å². The molecule has 0 amide bonds. The highest BCUT2D eigenvalue weighted by atomic mass is 32.2. The Bertz CT molecular complexity index is 682. The third-order valence-corrected chi connectivity index (χ3v) is 3.53. The number of benzene rings is 1. The summed E-state index contributed by atoms with van der Waals surface area (Å²) in [5, 5.41) is 10.3. The molecule has 0 bridgehead atoms. The normalized spacial score (nSPS) is 10.9. The van der Waals surface area contributed by atoms with Crippen LogP contribution in [-0.4, -0.2) is 25.0 Å². The van der Waals surface area contributed by atoms with Gasteiger partial charge in [-0.25, -0.2) is 15.0 Å². The smallest absolute Gasteiger partial charge is 0.181 e. The zero-order chi connectivity index (χ0) is 12.4.